The van der Waals surface area contributed by atoms with E-state index in [9.17, 15) is 4.79 Å². The van der Waals surface area contributed by atoms with E-state index in [1.165, 1.54) is 5.56 Å². The van der Waals surface area contributed by atoms with Crippen LogP contribution in [0.2, 0.25) is 0 Å². The van der Waals surface area contributed by atoms with Gasteiger partial charge in [-0.05, 0) is 19.4 Å². The standard InChI is InChI=1S/C12H14O2S/c1-3-14-12(13)8-11(15)10-6-4-9(2)5-7-10/h4-7H,3,8H2,1-2H3. The van der Waals surface area contributed by atoms with Gasteiger partial charge in [-0.25, -0.2) is 0 Å². The van der Waals surface area contributed by atoms with Gasteiger partial charge >= 0.3 is 5.97 Å². The van der Waals surface area contributed by atoms with Crippen molar-refractivity contribution < 1.29 is 9.53 Å². The van der Waals surface area contributed by atoms with E-state index in [2.05, 4.69) is 0 Å². The Balaban J connectivity index is 2.61. The van der Waals surface area contributed by atoms with Crippen LogP contribution in [-0.4, -0.2) is 17.4 Å². The van der Waals surface area contributed by atoms with Gasteiger partial charge in [0, 0.05) is 4.86 Å². The van der Waals surface area contributed by atoms with Gasteiger partial charge in [0.15, 0.2) is 0 Å². The molecule has 1 aromatic rings. The number of thiocarbonyl (C=S) groups is 1. The van der Waals surface area contributed by atoms with E-state index in [0.29, 0.717) is 11.5 Å². The van der Waals surface area contributed by atoms with E-state index in [-0.39, 0.29) is 12.4 Å². The van der Waals surface area contributed by atoms with E-state index < -0.39 is 0 Å². The molecular weight excluding hydrogens is 208 g/mol. The summed E-state index contributed by atoms with van der Waals surface area (Å²) in [6.07, 6.45) is 0.187. The molecule has 0 aliphatic heterocycles. The summed E-state index contributed by atoms with van der Waals surface area (Å²) < 4.78 is 4.83. The van der Waals surface area contributed by atoms with Crippen molar-refractivity contribution in [2.24, 2.45) is 0 Å². The quantitative estimate of drug-likeness (QED) is 0.445. The van der Waals surface area contributed by atoms with Crippen LogP contribution in [0, 0.1) is 6.92 Å². The molecule has 1 aromatic carbocycles. The van der Waals surface area contributed by atoms with Gasteiger partial charge in [0.05, 0.1) is 13.0 Å². The fraction of sp³-hybridized carbons (Fsp3) is 0.333. The maximum Gasteiger partial charge on any atom is 0.311 e. The second-order valence-electron chi connectivity index (χ2n) is 3.27. The van der Waals surface area contributed by atoms with Crippen LogP contribution in [0.1, 0.15) is 24.5 Å². The van der Waals surface area contributed by atoms with Crippen LogP contribution >= 0.6 is 12.2 Å². The molecule has 0 bridgehead atoms. The number of carbonyl (C=O) groups is 1. The molecule has 3 heteroatoms. The van der Waals surface area contributed by atoms with Crippen molar-refractivity contribution >= 4 is 23.1 Å². The monoisotopic (exact) mass is 222 g/mol. The third kappa shape index (κ3) is 3.80. The number of esters is 1. The van der Waals surface area contributed by atoms with Gasteiger partial charge in [-0.15, -0.1) is 0 Å². The second kappa shape index (κ2) is 5.61. The van der Waals surface area contributed by atoms with Crippen LogP contribution in [0.25, 0.3) is 0 Å². The minimum Gasteiger partial charge on any atom is -0.466 e. The first-order valence-corrected chi connectivity index (χ1v) is 5.29. The highest BCUT2D eigenvalue weighted by molar-refractivity contribution is 7.80. The van der Waals surface area contributed by atoms with Gasteiger partial charge < -0.3 is 4.74 Å². The Morgan fingerprint density at radius 2 is 1.93 bits per heavy atom. The molecular formula is C12H14O2S. The zero-order valence-corrected chi connectivity index (χ0v) is 9.76. The first-order valence-electron chi connectivity index (χ1n) is 4.89. The van der Waals surface area contributed by atoms with Gasteiger partial charge in [0.1, 0.15) is 0 Å². The van der Waals surface area contributed by atoms with Gasteiger partial charge in [-0.1, -0.05) is 42.0 Å². The van der Waals surface area contributed by atoms with Gasteiger partial charge in [0.25, 0.3) is 0 Å². The molecule has 0 spiro atoms. The number of ether oxygens (including phenoxy) is 1. The van der Waals surface area contributed by atoms with Crippen LogP contribution in [0.4, 0.5) is 0 Å². The second-order valence-corrected chi connectivity index (χ2v) is 3.76. The maximum atomic E-state index is 11.2. The zero-order valence-electron chi connectivity index (χ0n) is 8.95. The maximum absolute atomic E-state index is 11.2. The summed E-state index contributed by atoms with van der Waals surface area (Å²) in [6, 6.07) is 7.81. The van der Waals surface area contributed by atoms with E-state index in [1.807, 2.05) is 31.2 Å². The molecule has 15 heavy (non-hydrogen) atoms. The Kier molecular flexibility index (Phi) is 4.43. The lowest BCUT2D eigenvalue weighted by molar-refractivity contribution is -0.141. The highest BCUT2D eigenvalue weighted by atomic mass is 32.1. The smallest absolute Gasteiger partial charge is 0.311 e. The largest absolute Gasteiger partial charge is 0.466 e. The van der Waals surface area contributed by atoms with Crippen molar-refractivity contribution in [3.05, 3.63) is 35.4 Å². The first kappa shape index (κ1) is 11.9. The molecule has 0 aromatic heterocycles. The van der Waals surface area contributed by atoms with Crippen molar-refractivity contribution in [3.8, 4) is 0 Å². The van der Waals surface area contributed by atoms with Crippen LogP contribution in [-0.2, 0) is 9.53 Å². The van der Waals surface area contributed by atoms with Crippen molar-refractivity contribution in [1.82, 2.24) is 0 Å². The molecule has 80 valence electrons. The molecule has 0 aliphatic rings. The molecule has 0 saturated heterocycles. The highest BCUT2D eigenvalue weighted by Gasteiger charge is 2.08. The Labute approximate surface area is 95.3 Å². The molecule has 1 rings (SSSR count). The summed E-state index contributed by atoms with van der Waals surface area (Å²) in [5.41, 5.74) is 2.10. The number of aryl methyl sites for hydroxylation is 1. The molecule has 0 unspecified atom stereocenters. The number of hydrogen-bond donors (Lipinski definition) is 0. The summed E-state index contributed by atoms with van der Waals surface area (Å²) in [5, 5.41) is 0. The third-order valence-electron chi connectivity index (χ3n) is 1.98. The summed E-state index contributed by atoms with van der Waals surface area (Å²) >= 11 is 5.15. The molecule has 0 radical (unpaired) electrons. The zero-order chi connectivity index (χ0) is 11.3. The molecule has 0 fully saturated rings. The molecule has 0 heterocycles. The average Bonchev–Trinajstić information content (AvgIpc) is 2.18. The van der Waals surface area contributed by atoms with Crippen LogP contribution in [0.15, 0.2) is 24.3 Å². The average molecular weight is 222 g/mol. The summed E-state index contributed by atoms with van der Waals surface area (Å²) in [6.45, 7) is 4.19. The molecule has 2 nitrogen and oxygen atoms in total. The summed E-state index contributed by atoms with van der Waals surface area (Å²) in [7, 11) is 0. The minimum absolute atomic E-state index is 0.187. The first-order chi connectivity index (χ1) is 7.13. The van der Waals surface area contributed by atoms with Crippen molar-refractivity contribution in [2.45, 2.75) is 20.3 Å². The van der Waals surface area contributed by atoms with Crippen molar-refractivity contribution in [1.29, 1.82) is 0 Å². The van der Waals surface area contributed by atoms with E-state index in [4.69, 9.17) is 17.0 Å². The summed E-state index contributed by atoms with van der Waals surface area (Å²) in [5.74, 6) is -0.261. The van der Waals surface area contributed by atoms with E-state index >= 15 is 0 Å². The normalized spacial score (nSPS) is 9.73. The SMILES string of the molecule is CCOC(=O)CC(=S)c1ccc(C)cc1. The Bertz CT molecular complexity index is 354. The van der Waals surface area contributed by atoms with E-state index in [0.717, 1.165) is 5.56 Å². The number of carbonyl (C=O) groups excluding carboxylic acids is 1. The van der Waals surface area contributed by atoms with Crippen molar-refractivity contribution in [3.63, 3.8) is 0 Å². The molecule has 0 amide bonds. The Morgan fingerprint density at radius 3 is 2.47 bits per heavy atom. The predicted octanol–water partition coefficient (Wildman–Crippen LogP) is 2.67. The van der Waals surface area contributed by atoms with E-state index in [1.54, 1.807) is 6.92 Å². The highest BCUT2D eigenvalue weighted by Crippen LogP contribution is 2.08. The third-order valence-corrected chi connectivity index (χ3v) is 2.36. The van der Waals surface area contributed by atoms with Crippen molar-refractivity contribution in [2.75, 3.05) is 6.61 Å². The van der Waals surface area contributed by atoms with Gasteiger partial charge in [-0.3, -0.25) is 4.79 Å². The van der Waals surface area contributed by atoms with Crippen LogP contribution < -0.4 is 0 Å². The van der Waals surface area contributed by atoms with Crippen LogP contribution in [0.5, 0.6) is 0 Å². The van der Waals surface area contributed by atoms with Gasteiger partial charge in [-0.2, -0.15) is 0 Å². The molecule has 0 N–H and O–H groups in total. The fourth-order valence-corrected chi connectivity index (χ4v) is 1.44. The van der Waals surface area contributed by atoms with Crippen LogP contribution in [0.3, 0.4) is 0 Å². The number of hydrogen-bond acceptors (Lipinski definition) is 3. The topological polar surface area (TPSA) is 26.3 Å². The van der Waals surface area contributed by atoms with Gasteiger partial charge in [0.2, 0.25) is 0 Å². The molecule has 0 atom stereocenters. The Hall–Kier alpha value is -1.22. The molecule has 0 aliphatic carbocycles. The lowest BCUT2D eigenvalue weighted by Gasteiger charge is -2.04. The summed E-state index contributed by atoms with van der Waals surface area (Å²) in [4.78, 5) is 11.8. The molecule has 0 saturated carbocycles. The fourth-order valence-electron chi connectivity index (χ4n) is 1.18. The lowest BCUT2D eigenvalue weighted by atomic mass is 10.1. The lowest BCUT2D eigenvalue weighted by Crippen LogP contribution is -2.10. The number of benzene rings is 1. The number of rotatable bonds is 4. The predicted molar refractivity (Wildman–Crippen MR) is 64.1 cm³/mol. The Morgan fingerprint density at radius 1 is 1.33 bits per heavy atom. The minimum atomic E-state index is -0.261.